The van der Waals surface area contributed by atoms with Gasteiger partial charge in [-0.1, -0.05) is 0 Å². The molecule has 0 unspecified atom stereocenters. The molecule has 2 heterocycles. The molecule has 0 bridgehead atoms. The monoisotopic (exact) mass is 293 g/mol. The summed E-state index contributed by atoms with van der Waals surface area (Å²) in [7, 11) is 0. The Morgan fingerprint density at radius 3 is 2.67 bits per heavy atom. The highest BCUT2D eigenvalue weighted by Crippen LogP contribution is 2.42. The highest BCUT2D eigenvalue weighted by Gasteiger charge is 2.54. The number of carbonyl (C=O) groups is 2. The van der Waals surface area contributed by atoms with Crippen LogP contribution >= 0.6 is 0 Å². The molecule has 2 saturated heterocycles. The molecule has 1 aromatic carbocycles. The van der Waals surface area contributed by atoms with Gasteiger partial charge in [-0.2, -0.15) is 0 Å². The Morgan fingerprint density at radius 2 is 2.05 bits per heavy atom. The number of likely N-dealkylation sites (tertiary alicyclic amines) is 1. The molecule has 2 aliphatic rings. The standard InChI is InChI=1S/C15H16FNO4/c16-12-3-1-10(2-4-12)13(18)17-7-11-8-21-6-5-15(11,9-17)14(19)20/h1-4,11H,5-9H2,(H,19,20)/t11-,15+/m0/s1. The van der Waals surface area contributed by atoms with Crippen LogP contribution < -0.4 is 0 Å². The van der Waals surface area contributed by atoms with Gasteiger partial charge in [-0.15, -0.1) is 0 Å². The second-order valence-corrected chi connectivity index (χ2v) is 5.68. The molecule has 0 saturated carbocycles. The fourth-order valence-corrected chi connectivity index (χ4v) is 3.23. The van der Waals surface area contributed by atoms with Gasteiger partial charge in [0.2, 0.25) is 0 Å². The minimum Gasteiger partial charge on any atom is -0.481 e. The third-order valence-electron chi connectivity index (χ3n) is 4.51. The maximum absolute atomic E-state index is 12.9. The summed E-state index contributed by atoms with van der Waals surface area (Å²) in [6, 6.07) is 5.30. The van der Waals surface area contributed by atoms with Gasteiger partial charge in [0.05, 0.1) is 12.0 Å². The second kappa shape index (κ2) is 5.11. The smallest absolute Gasteiger partial charge is 0.311 e. The van der Waals surface area contributed by atoms with Crippen LogP contribution in [0, 0.1) is 17.2 Å². The van der Waals surface area contributed by atoms with E-state index < -0.39 is 17.2 Å². The Labute approximate surface area is 121 Å². The van der Waals surface area contributed by atoms with E-state index in [1.165, 1.54) is 24.3 Å². The quantitative estimate of drug-likeness (QED) is 0.895. The van der Waals surface area contributed by atoms with E-state index in [0.29, 0.717) is 31.7 Å². The van der Waals surface area contributed by atoms with Crippen LogP contribution in [0.1, 0.15) is 16.8 Å². The van der Waals surface area contributed by atoms with Crippen molar-refractivity contribution < 1.29 is 23.8 Å². The molecular weight excluding hydrogens is 277 g/mol. The SMILES string of the molecule is O=C(c1ccc(F)cc1)N1C[C@H]2COCC[C@@]2(C(=O)O)C1. The number of nitrogens with zero attached hydrogens (tertiary/aromatic N) is 1. The number of rotatable bonds is 2. The number of hydrogen-bond donors (Lipinski definition) is 1. The van der Waals surface area contributed by atoms with Gasteiger partial charge in [-0.25, -0.2) is 4.39 Å². The predicted octanol–water partition coefficient (Wildman–Crippen LogP) is 1.39. The number of aliphatic carboxylic acids is 1. The summed E-state index contributed by atoms with van der Waals surface area (Å²) in [6.45, 7) is 1.32. The van der Waals surface area contributed by atoms with E-state index in [0.717, 1.165) is 0 Å². The molecule has 2 fully saturated rings. The topological polar surface area (TPSA) is 66.8 Å². The number of carboxylic acids is 1. The summed E-state index contributed by atoms with van der Waals surface area (Å²) in [5.41, 5.74) is -0.537. The molecule has 1 amide bonds. The molecule has 2 aliphatic heterocycles. The van der Waals surface area contributed by atoms with Crippen molar-refractivity contribution in [1.82, 2.24) is 4.90 Å². The van der Waals surface area contributed by atoms with Gasteiger partial charge >= 0.3 is 5.97 Å². The Kier molecular flexibility index (Phi) is 3.41. The van der Waals surface area contributed by atoms with Crippen molar-refractivity contribution >= 4 is 11.9 Å². The molecule has 0 aromatic heterocycles. The zero-order chi connectivity index (χ0) is 15.0. The van der Waals surface area contributed by atoms with Crippen LogP contribution in [0.5, 0.6) is 0 Å². The zero-order valence-corrected chi connectivity index (χ0v) is 11.4. The number of halogens is 1. The molecule has 21 heavy (non-hydrogen) atoms. The second-order valence-electron chi connectivity index (χ2n) is 5.68. The minimum atomic E-state index is -0.909. The number of carboxylic acid groups (broad SMARTS) is 1. The molecule has 5 nitrogen and oxygen atoms in total. The Bertz CT molecular complexity index is 574. The first-order valence-electron chi connectivity index (χ1n) is 6.89. The molecule has 0 aliphatic carbocycles. The van der Waals surface area contributed by atoms with Gasteiger partial charge < -0.3 is 14.7 Å². The van der Waals surface area contributed by atoms with Crippen molar-refractivity contribution in [3.05, 3.63) is 35.6 Å². The first-order chi connectivity index (χ1) is 10.0. The van der Waals surface area contributed by atoms with E-state index in [1.54, 1.807) is 4.90 Å². The van der Waals surface area contributed by atoms with Crippen LogP contribution in [0.4, 0.5) is 4.39 Å². The van der Waals surface area contributed by atoms with Crippen LogP contribution in [-0.4, -0.2) is 48.2 Å². The van der Waals surface area contributed by atoms with Crippen molar-refractivity contribution in [3.63, 3.8) is 0 Å². The molecule has 3 rings (SSSR count). The number of amides is 1. The average Bonchev–Trinajstić information content (AvgIpc) is 2.88. The lowest BCUT2D eigenvalue weighted by molar-refractivity contribution is -0.157. The van der Waals surface area contributed by atoms with Gasteiger partial charge in [-0.3, -0.25) is 9.59 Å². The third-order valence-corrected chi connectivity index (χ3v) is 4.51. The van der Waals surface area contributed by atoms with Gasteiger partial charge in [-0.05, 0) is 30.7 Å². The molecule has 112 valence electrons. The number of fused-ring (bicyclic) bond motifs is 1. The number of hydrogen-bond acceptors (Lipinski definition) is 3. The minimum absolute atomic E-state index is 0.187. The normalized spacial score (nSPS) is 28.2. The van der Waals surface area contributed by atoms with E-state index >= 15 is 0 Å². The van der Waals surface area contributed by atoms with E-state index in [-0.39, 0.29) is 18.4 Å². The van der Waals surface area contributed by atoms with Crippen molar-refractivity contribution in [1.29, 1.82) is 0 Å². The molecular formula is C15H16FNO4. The molecule has 1 N–H and O–H groups in total. The summed E-state index contributed by atoms with van der Waals surface area (Å²) in [4.78, 5) is 25.6. The number of ether oxygens (including phenoxy) is 1. The predicted molar refractivity (Wildman–Crippen MR) is 71.3 cm³/mol. The van der Waals surface area contributed by atoms with Gasteiger partial charge in [0, 0.05) is 31.2 Å². The maximum Gasteiger partial charge on any atom is 0.311 e. The van der Waals surface area contributed by atoms with Crippen LogP contribution in [0.15, 0.2) is 24.3 Å². The molecule has 1 aromatic rings. The van der Waals surface area contributed by atoms with Crippen LogP contribution in [0.2, 0.25) is 0 Å². The Hall–Kier alpha value is -1.95. The van der Waals surface area contributed by atoms with E-state index in [9.17, 15) is 19.1 Å². The van der Waals surface area contributed by atoms with Crippen LogP contribution in [0.25, 0.3) is 0 Å². The van der Waals surface area contributed by atoms with Crippen molar-refractivity contribution in [2.24, 2.45) is 11.3 Å². The van der Waals surface area contributed by atoms with Crippen molar-refractivity contribution in [2.45, 2.75) is 6.42 Å². The zero-order valence-electron chi connectivity index (χ0n) is 11.4. The number of benzene rings is 1. The molecule has 0 spiro atoms. The summed E-state index contributed by atoms with van der Waals surface area (Å²) in [5.74, 6) is -1.72. The van der Waals surface area contributed by atoms with E-state index in [1.807, 2.05) is 0 Å². The largest absolute Gasteiger partial charge is 0.481 e. The highest BCUT2D eigenvalue weighted by atomic mass is 19.1. The lowest BCUT2D eigenvalue weighted by atomic mass is 9.74. The fraction of sp³-hybridized carbons (Fsp3) is 0.467. The van der Waals surface area contributed by atoms with E-state index in [4.69, 9.17) is 4.74 Å². The molecule has 6 heteroatoms. The highest BCUT2D eigenvalue weighted by molar-refractivity contribution is 5.95. The first-order valence-corrected chi connectivity index (χ1v) is 6.89. The number of carbonyl (C=O) groups excluding carboxylic acids is 1. The Morgan fingerprint density at radius 1 is 1.33 bits per heavy atom. The van der Waals surface area contributed by atoms with Crippen molar-refractivity contribution in [3.8, 4) is 0 Å². The van der Waals surface area contributed by atoms with Gasteiger partial charge in [0.1, 0.15) is 5.82 Å². The van der Waals surface area contributed by atoms with Crippen molar-refractivity contribution in [2.75, 3.05) is 26.3 Å². The summed E-state index contributed by atoms with van der Waals surface area (Å²) >= 11 is 0. The van der Waals surface area contributed by atoms with Crippen LogP contribution in [0.3, 0.4) is 0 Å². The summed E-state index contributed by atoms with van der Waals surface area (Å²) in [5, 5.41) is 9.56. The van der Waals surface area contributed by atoms with Crippen LogP contribution in [-0.2, 0) is 9.53 Å². The fourth-order valence-electron chi connectivity index (χ4n) is 3.23. The average molecular weight is 293 g/mol. The lowest BCUT2D eigenvalue weighted by Gasteiger charge is -2.33. The Balaban J connectivity index is 1.83. The molecule has 2 atom stereocenters. The van der Waals surface area contributed by atoms with E-state index in [2.05, 4.69) is 0 Å². The lowest BCUT2D eigenvalue weighted by Crippen LogP contribution is -2.45. The maximum atomic E-state index is 12.9. The van der Waals surface area contributed by atoms with Gasteiger partial charge in [0.25, 0.3) is 5.91 Å². The summed E-state index contributed by atoms with van der Waals surface area (Å²) < 4.78 is 18.3. The third kappa shape index (κ3) is 2.29. The molecule has 0 radical (unpaired) electrons. The van der Waals surface area contributed by atoms with Gasteiger partial charge in [0.15, 0.2) is 0 Å². The summed E-state index contributed by atoms with van der Waals surface area (Å²) in [6.07, 6.45) is 0.417. The first kappa shape index (κ1) is 14.0.